The highest BCUT2D eigenvalue weighted by atomic mass is 32.1. The Hall–Kier alpha value is -1.17. The highest BCUT2D eigenvalue weighted by Crippen LogP contribution is 2.27. The van der Waals surface area contributed by atoms with Crippen LogP contribution < -0.4 is 16.4 Å². The Morgan fingerprint density at radius 1 is 1.30 bits per heavy atom. The van der Waals surface area contributed by atoms with Gasteiger partial charge in [0.2, 0.25) is 11.8 Å². The summed E-state index contributed by atoms with van der Waals surface area (Å²) in [6.07, 6.45) is 4.43. The third-order valence-corrected chi connectivity index (χ3v) is 4.31. The summed E-state index contributed by atoms with van der Waals surface area (Å²) < 4.78 is 0. The number of carbonyl (C=O) groups excluding carboxylic acids is 2. The molecule has 0 aromatic carbocycles. The molecular weight excluding hydrogens is 274 g/mol. The fraction of sp³-hybridized carbons (Fsp3) is 0.786. The van der Waals surface area contributed by atoms with Crippen molar-refractivity contribution in [3.63, 3.8) is 0 Å². The lowest BCUT2D eigenvalue weighted by Crippen LogP contribution is -2.48. The lowest BCUT2D eigenvalue weighted by Gasteiger charge is -2.28. The van der Waals surface area contributed by atoms with Crippen LogP contribution in [0.25, 0.3) is 0 Å². The fourth-order valence-electron chi connectivity index (χ4n) is 2.18. The van der Waals surface area contributed by atoms with Gasteiger partial charge in [-0.15, -0.1) is 0 Å². The number of nitrogens with two attached hydrogens (primary N) is 1. The topological polar surface area (TPSA) is 84.2 Å². The number of hydrogen-bond acceptors (Lipinski definition) is 3. The van der Waals surface area contributed by atoms with E-state index in [1.807, 2.05) is 13.8 Å². The highest BCUT2D eigenvalue weighted by molar-refractivity contribution is 7.80. The van der Waals surface area contributed by atoms with Crippen LogP contribution in [-0.2, 0) is 9.59 Å². The van der Waals surface area contributed by atoms with Gasteiger partial charge in [0.1, 0.15) is 0 Å². The second-order valence-electron chi connectivity index (χ2n) is 5.35. The van der Waals surface area contributed by atoms with Crippen LogP contribution in [0.3, 0.4) is 0 Å². The van der Waals surface area contributed by atoms with E-state index in [0.29, 0.717) is 38.3 Å². The molecule has 0 unspecified atom stereocenters. The first-order chi connectivity index (χ1) is 9.46. The van der Waals surface area contributed by atoms with Gasteiger partial charge < -0.3 is 16.4 Å². The summed E-state index contributed by atoms with van der Waals surface area (Å²) in [6.45, 7) is 4.29. The molecule has 0 aromatic rings. The van der Waals surface area contributed by atoms with E-state index < -0.39 is 5.41 Å². The first-order valence-corrected chi connectivity index (χ1v) is 7.74. The fourth-order valence-corrected chi connectivity index (χ4v) is 2.56. The van der Waals surface area contributed by atoms with Crippen molar-refractivity contribution >= 4 is 29.0 Å². The van der Waals surface area contributed by atoms with Crippen molar-refractivity contribution in [3.05, 3.63) is 0 Å². The molecule has 1 rings (SSSR count). The van der Waals surface area contributed by atoms with E-state index >= 15 is 0 Å². The van der Waals surface area contributed by atoms with Crippen molar-refractivity contribution in [3.8, 4) is 0 Å². The predicted octanol–water partition coefficient (Wildman–Crippen LogP) is 1.25. The second-order valence-corrected chi connectivity index (χ2v) is 5.79. The van der Waals surface area contributed by atoms with Crippen molar-refractivity contribution in [2.75, 3.05) is 6.54 Å². The Morgan fingerprint density at radius 2 is 1.90 bits per heavy atom. The predicted molar refractivity (Wildman–Crippen MR) is 83.2 cm³/mol. The van der Waals surface area contributed by atoms with Gasteiger partial charge in [-0.3, -0.25) is 9.59 Å². The monoisotopic (exact) mass is 299 g/mol. The van der Waals surface area contributed by atoms with E-state index in [1.165, 1.54) is 0 Å². The van der Waals surface area contributed by atoms with Crippen molar-refractivity contribution < 1.29 is 9.59 Å². The molecule has 1 saturated carbocycles. The molecule has 114 valence electrons. The van der Waals surface area contributed by atoms with Gasteiger partial charge in [0.15, 0.2) is 0 Å². The largest absolute Gasteiger partial charge is 0.392 e. The maximum Gasteiger partial charge on any atom is 0.233 e. The smallest absolute Gasteiger partial charge is 0.233 e. The van der Waals surface area contributed by atoms with Gasteiger partial charge >= 0.3 is 0 Å². The van der Waals surface area contributed by atoms with Crippen LogP contribution in [0.5, 0.6) is 0 Å². The minimum atomic E-state index is -0.758. The maximum absolute atomic E-state index is 12.2. The van der Waals surface area contributed by atoms with Gasteiger partial charge in [0.05, 0.1) is 10.4 Å². The van der Waals surface area contributed by atoms with Gasteiger partial charge in [0.25, 0.3) is 0 Å². The average Bonchev–Trinajstić information content (AvgIpc) is 3.20. The molecule has 0 saturated heterocycles. The van der Waals surface area contributed by atoms with Crippen LogP contribution in [0, 0.1) is 5.41 Å². The zero-order valence-electron chi connectivity index (χ0n) is 12.3. The molecule has 6 heteroatoms. The SMILES string of the molecule is CCC(CC)(C(=O)NCCCC(=O)NC1CC1)C(N)=S. The number of rotatable bonds is 9. The number of carbonyl (C=O) groups is 2. The van der Waals surface area contributed by atoms with E-state index in [-0.39, 0.29) is 16.8 Å². The van der Waals surface area contributed by atoms with E-state index in [4.69, 9.17) is 18.0 Å². The summed E-state index contributed by atoms with van der Waals surface area (Å²) in [5, 5.41) is 5.77. The zero-order valence-corrected chi connectivity index (χ0v) is 13.1. The van der Waals surface area contributed by atoms with Crippen molar-refractivity contribution in [1.29, 1.82) is 0 Å². The summed E-state index contributed by atoms with van der Waals surface area (Å²) in [5.41, 5.74) is 4.96. The lowest BCUT2D eigenvalue weighted by atomic mass is 9.81. The third kappa shape index (κ3) is 4.44. The van der Waals surface area contributed by atoms with Crippen LogP contribution in [0.1, 0.15) is 52.4 Å². The molecular formula is C14H25N3O2S. The molecule has 5 nitrogen and oxygen atoms in total. The molecule has 1 aliphatic carbocycles. The molecule has 0 heterocycles. The first kappa shape index (κ1) is 16.9. The Morgan fingerprint density at radius 3 is 2.35 bits per heavy atom. The van der Waals surface area contributed by atoms with Crippen molar-refractivity contribution in [1.82, 2.24) is 10.6 Å². The molecule has 0 bridgehead atoms. The maximum atomic E-state index is 12.2. The summed E-state index contributed by atoms with van der Waals surface area (Å²) in [6, 6.07) is 0.388. The van der Waals surface area contributed by atoms with Crippen LogP contribution >= 0.6 is 12.2 Å². The van der Waals surface area contributed by atoms with Crippen LogP contribution in [-0.4, -0.2) is 29.4 Å². The number of hydrogen-bond donors (Lipinski definition) is 3. The standard InChI is InChI=1S/C14H25N3O2S/c1-3-14(4-2,12(15)20)13(19)16-9-5-6-11(18)17-10-7-8-10/h10H,3-9H2,1-2H3,(H2,15,20)(H,16,19)(H,17,18). The molecule has 4 N–H and O–H groups in total. The highest BCUT2D eigenvalue weighted by Gasteiger charge is 2.37. The molecule has 2 amide bonds. The van der Waals surface area contributed by atoms with Crippen molar-refractivity contribution in [2.24, 2.45) is 11.1 Å². The van der Waals surface area contributed by atoms with E-state index in [1.54, 1.807) is 0 Å². The Balaban J connectivity index is 2.30. The molecule has 0 atom stereocenters. The molecule has 1 fully saturated rings. The zero-order chi connectivity index (χ0) is 15.2. The number of amides is 2. The average molecular weight is 299 g/mol. The number of thiocarbonyl (C=S) groups is 1. The molecule has 0 radical (unpaired) electrons. The summed E-state index contributed by atoms with van der Waals surface area (Å²) >= 11 is 5.03. The lowest BCUT2D eigenvalue weighted by molar-refractivity contribution is -0.128. The minimum absolute atomic E-state index is 0.0633. The molecule has 20 heavy (non-hydrogen) atoms. The summed E-state index contributed by atoms with van der Waals surface area (Å²) in [4.78, 5) is 24.0. The van der Waals surface area contributed by atoms with Gasteiger partial charge in [-0.1, -0.05) is 26.1 Å². The molecule has 0 aliphatic heterocycles. The normalized spacial score (nSPS) is 14.7. The van der Waals surface area contributed by atoms with Crippen LogP contribution in [0.4, 0.5) is 0 Å². The second kappa shape index (κ2) is 7.57. The van der Waals surface area contributed by atoms with Crippen LogP contribution in [0.15, 0.2) is 0 Å². The Kier molecular flexibility index (Phi) is 6.39. The minimum Gasteiger partial charge on any atom is -0.392 e. The van der Waals surface area contributed by atoms with Gasteiger partial charge in [0, 0.05) is 19.0 Å². The summed E-state index contributed by atoms with van der Waals surface area (Å²) in [7, 11) is 0. The first-order valence-electron chi connectivity index (χ1n) is 7.33. The molecule has 1 aliphatic rings. The van der Waals surface area contributed by atoms with Crippen molar-refractivity contribution in [2.45, 2.75) is 58.4 Å². The third-order valence-electron chi connectivity index (χ3n) is 3.92. The van der Waals surface area contributed by atoms with Crippen LogP contribution in [0.2, 0.25) is 0 Å². The van der Waals surface area contributed by atoms with E-state index in [0.717, 1.165) is 12.8 Å². The Bertz CT molecular complexity index is 377. The summed E-state index contributed by atoms with van der Waals surface area (Å²) in [5.74, 6) is -0.0639. The van der Waals surface area contributed by atoms with Gasteiger partial charge in [-0.05, 0) is 32.1 Å². The number of nitrogens with one attached hydrogen (secondary N) is 2. The van der Waals surface area contributed by atoms with Gasteiger partial charge in [-0.2, -0.15) is 0 Å². The quantitative estimate of drug-likeness (QED) is 0.442. The van der Waals surface area contributed by atoms with E-state index in [2.05, 4.69) is 10.6 Å². The molecule has 0 spiro atoms. The van der Waals surface area contributed by atoms with Gasteiger partial charge in [-0.25, -0.2) is 0 Å². The molecule has 0 aromatic heterocycles. The van der Waals surface area contributed by atoms with E-state index in [9.17, 15) is 9.59 Å². The Labute approximate surface area is 126 Å².